The minimum atomic E-state index is 0.407. The summed E-state index contributed by atoms with van der Waals surface area (Å²) < 4.78 is 0. The second kappa shape index (κ2) is 2.40. The van der Waals surface area contributed by atoms with E-state index in [-0.39, 0.29) is 0 Å². The first kappa shape index (κ1) is 6.95. The molecule has 0 fully saturated rings. The number of hydrogen-bond acceptors (Lipinski definition) is 1. The fourth-order valence-electron chi connectivity index (χ4n) is 0.967. The van der Waals surface area contributed by atoms with Gasteiger partial charge in [-0.2, -0.15) is 0 Å². The Bertz CT molecular complexity index is 394. The van der Waals surface area contributed by atoms with Gasteiger partial charge in [-0.05, 0) is 12.1 Å². The van der Waals surface area contributed by atoms with E-state index in [0.717, 1.165) is 11.0 Å². The minimum Gasteiger partial charge on any atom is -0.346 e. The molecule has 2 heterocycles. The van der Waals surface area contributed by atoms with Crippen LogP contribution < -0.4 is 0 Å². The summed E-state index contributed by atoms with van der Waals surface area (Å²) in [7, 11) is 0. The molecular weight excluding hydrogens is 183 g/mol. The van der Waals surface area contributed by atoms with Crippen LogP contribution in [0.15, 0.2) is 18.3 Å². The van der Waals surface area contributed by atoms with E-state index in [1.807, 2.05) is 6.07 Å². The average Bonchev–Trinajstić information content (AvgIpc) is 2.34. The third-order valence-corrected chi connectivity index (χ3v) is 1.95. The van der Waals surface area contributed by atoms with Crippen LogP contribution in [0.3, 0.4) is 0 Å². The van der Waals surface area contributed by atoms with Gasteiger partial charge in [-0.15, -0.1) is 0 Å². The molecular formula is C7H4Cl2N2. The van der Waals surface area contributed by atoms with Gasteiger partial charge in [-0.25, -0.2) is 4.98 Å². The monoisotopic (exact) mass is 186 g/mol. The Hall–Kier alpha value is -0.730. The van der Waals surface area contributed by atoms with Crippen LogP contribution in [0, 0.1) is 0 Å². The molecule has 0 saturated carbocycles. The molecule has 0 bridgehead atoms. The Morgan fingerprint density at radius 2 is 2.18 bits per heavy atom. The molecule has 0 atom stereocenters. The van der Waals surface area contributed by atoms with Crippen LogP contribution in [0.4, 0.5) is 0 Å². The second-order valence-corrected chi connectivity index (χ2v) is 2.96. The lowest BCUT2D eigenvalue weighted by Gasteiger charge is -1.93. The van der Waals surface area contributed by atoms with E-state index in [1.54, 1.807) is 12.3 Å². The molecule has 0 saturated heterocycles. The Morgan fingerprint density at radius 1 is 1.36 bits per heavy atom. The number of aromatic amines is 1. The highest BCUT2D eigenvalue weighted by molar-refractivity contribution is 6.37. The van der Waals surface area contributed by atoms with Gasteiger partial charge in [0, 0.05) is 11.6 Å². The number of halogens is 2. The van der Waals surface area contributed by atoms with E-state index in [4.69, 9.17) is 23.2 Å². The zero-order valence-corrected chi connectivity index (χ0v) is 6.95. The van der Waals surface area contributed by atoms with Crippen molar-refractivity contribution in [1.82, 2.24) is 9.97 Å². The lowest BCUT2D eigenvalue weighted by Crippen LogP contribution is -1.77. The largest absolute Gasteiger partial charge is 0.346 e. The summed E-state index contributed by atoms with van der Waals surface area (Å²) in [5.74, 6) is 0. The van der Waals surface area contributed by atoms with Crippen molar-refractivity contribution in [1.29, 1.82) is 0 Å². The van der Waals surface area contributed by atoms with Crippen molar-refractivity contribution in [3.8, 4) is 0 Å². The number of aromatic nitrogens is 2. The molecule has 0 amide bonds. The highest BCUT2D eigenvalue weighted by Crippen LogP contribution is 2.23. The lowest BCUT2D eigenvalue weighted by molar-refractivity contribution is 1.33. The van der Waals surface area contributed by atoms with E-state index in [1.165, 1.54) is 0 Å². The Kier molecular flexibility index (Phi) is 1.51. The van der Waals surface area contributed by atoms with Crippen molar-refractivity contribution in [2.45, 2.75) is 0 Å². The number of H-pyrrole nitrogens is 1. The first-order chi connectivity index (χ1) is 5.27. The summed E-state index contributed by atoms with van der Waals surface area (Å²) >= 11 is 11.5. The average molecular weight is 187 g/mol. The van der Waals surface area contributed by atoms with Crippen LogP contribution in [-0.4, -0.2) is 9.97 Å². The third kappa shape index (κ3) is 1.08. The Labute approximate surface area is 73.1 Å². The molecule has 11 heavy (non-hydrogen) atoms. The fourth-order valence-corrected chi connectivity index (χ4v) is 1.47. The number of pyridine rings is 1. The topological polar surface area (TPSA) is 28.7 Å². The molecule has 2 aromatic rings. The number of rotatable bonds is 0. The van der Waals surface area contributed by atoms with E-state index >= 15 is 0 Å². The maximum Gasteiger partial charge on any atom is 0.140 e. The third-order valence-electron chi connectivity index (χ3n) is 1.45. The second-order valence-electron chi connectivity index (χ2n) is 2.17. The Morgan fingerprint density at radius 3 is 3.00 bits per heavy atom. The van der Waals surface area contributed by atoms with Gasteiger partial charge in [0.2, 0.25) is 0 Å². The van der Waals surface area contributed by atoms with Gasteiger partial charge in [0.05, 0.1) is 5.02 Å². The van der Waals surface area contributed by atoms with E-state index in [0.29, 0.717) is 10.2 Å². The molecule has 0 unspecified atom stereocenters. The first-order valence-corrected chi connectivity index (χ1v) is 3.82. The minimum absolute atomic E-state index is 0.407. The highest BCUT2D eigenvalue weighted by atomic mass is 35.5. The predicted octanol–water partition coefficient (Wildman–Crippen LogP) is 2.87. The summed E-state index contributed by atoms with van der Waals surface area (Å²) in [4.78, 5) is 6.94. The standard InChI is InChI=1S/C7H4Cl2N2/c8-5-3-6(9)11-7-4(5)1-2-10-7/h1-3H,(H,10,11). The normalized spacial score (nSPS) is 10.7. The van der Waals surface area contributed by atoms with E-state index in [9.17, 15) is 0 Å². The van der Waals surface area contributed by atoms with Crippen molar-refractivity contribution in [2.75, 3.05) is 0 Å². The zero-order chi connectivity index (χ0) is 7.84. The molecule has 56 valence electrons. The van der Waals surface area contributed by atoms with Crippen LogP contribution in [-0.2, 0) is 0 Å². The van der Waals surface area contributed by atoms with Gasteiger partial charge in [0.25, 0.3) is 0 Å². The molecule has 2 aromatic heterocycles. The molecule has 2 rings (SSSR count). The molecule has 0 aliphatic rings. The molecule has 0 radical (unpaired) electrons. The van der Waals surface area contributed by atoms with Gasteiger partial charge in [0.15, 0.2) is 0 Å². The summed E-state index contributed by atoms with van der Waals surface area (Å²) in [6.45, 7) is 0. The van der Waals surface area contributed by atoms with Crippen molar-refractivity contribution in [2.24, 2.45) is 0 Å². The van der Waals surface area contributed by atoms with Crippen LogP contribution in [0.5, 0.6) is 0 Å². The van der Waals surface area contributed by atoms with E-state index in [2.05, 4.69) is 9.97 Å². The van der Waals surface area contributed by atoms with Gasteiger partial charge >= 0.3 is 0 Å². The Balaban J connectivity index is 2.91. The molecule has 0 aromatic carbocycles. The summed E-state index contributed by atoms with van der Waals surface area (Å²) in [5.41, 5.74) is 0.725. The van der Waals surface area contributed by atoms with Crippen molar-refractivity contribution >= 4 is 34.2 Å². The molecule has 2 nitrogen and oxygen atoms in total. The number of fused-ring (bicyclic) bond motifs is 1. The molecule has 4 heteroatoms. The molecule has 0 aliphatic carbocycles. The van der Waals surface area contributed by atoms with Crippen molar-refractivity contribution in [3.05, 3.63) is 28.5 Å². The van der Waals surface area contributed by atoms with Crippen LogP contribution >= 0.6 is 23.2 Å². The maximum absolute atomic E-state index is 5.86. The van der Waals surface area contributed by atoms with Crippen LogP contribution in [0.1, 0.15) is 0 Å². The van der Waals surface area contributed by atoms with Crippen LogP contribution in [0.2, 0.25) is 10.2 Å². The van der Waals surface area contributed by atoms with Crippen LogP contribution in [0.25, 0.3) is 11.0 Å². The highest BCUT2D eigenvalue weighted by Gasteiger charge is 2.01. The van der Waals surface area contributed by atoms with E-state index < -0.39 is 0 Å². The van der Waals surface area contributed by atoms with Crippen molar-refractivity contribution in [3.63, 3.8) is 0 Å². The van der Waals surface area contributed by atoms with Gasteiger partial charge in [0.1, 0.15) is 10.8 Å². The predicted molar refractivity (Wildman–Crippen MR) is 46.1 cm³/mol. The SMILES string of the molecule is Clc1cc(Cl)c2cc[nH]c2n1. The fraction of sp³-hybridized carbons (Fsp3) is 0. The first-order valence-electron chi connectivity index (χ1n) is 3.06. The van der Waals surface area contributed by atoms with Gasteiger partial charge < -0.3 is 4.98 Å². The smallest absolute Gasteiger partial charge is 0.140 e. The summed E-state index contributed by atoms with van der Waals surface area (Å²) in [6, 6.07) is 3.49. The number of hydrogen-bond donors (Lipinski definition) is 1. The summed E-state index contributed by atoms with van der Waals surface area (Å²) in [5, 5.41) is 1.93. The lowest BCUT2D eigenvalue weighted by atomic mass is 10.3. The zero-order valence-electron chi connectivity index (χ0n) is 5.44. The number of nitrogens with one attached hydrogen (secondary N) is 1. The number of nitrogens with zero attached hydrogens (tertiary/aromatic N) is 1. The maximum atomic E-state index is 5.86. The van der Waals surface area contributed by atoms with Gasteiger partial charge in [-0.3, -0.25) is 0 Å². The van der Waals surface area contributed by atoms with Crippen molar-refractivity contribution < 1.29 is 0 Å². The molecule has 1 N–H and O–H groups in total. The quantitative estimate of drug-likeness (QED) is 0.631. The summed E-state index contributed by atoms with van der Waals surface area (Å²) in [6.07, 6.45) is 1.78. The molecule has 0 spiro atoms. The molecule has 0 aliphatic heterocycles. The van der Waals surface area contributed by atoms with Gasteiger partial charge in [-0.1, -0.05) is 23.2 Å².